The van der Waals surface area contributed by atoms with E-state index >= 15 is 0 Å². The fourth-order valence-electron chi connectivity index (χ4n) is 0.942. The highest BCUT2D eigenvalue weighted by Gasteiger charge is 2.06. The van der Waals surface area contributed by atoms with Crippen LogP contribution in [-0.2, 0) is 17.9 Å². The summed E-state index contributed by atoms with van der Waals surface area (Å²) in [7, 11) is 0. The second-order valence-corrected chi connectivity index (χ2v) is 3.55. The summed E-state index contributed by atoms with van der Waals surface area (Å²) in [5.74, 6) is 0. The van der Waals surface area contributed by atoms with Gasteiger partial charge in [0, 0.05) is 12.7 Å². The van der Waals surface area contributed by atoms with E-state index in [0.29, 0.717) is 11.6 Å². The zero-order valence-corrected chi connectivity index (χ0v) is 9.01. The summed E-state index contributed by atoms with van der Waals surface area (Å²) < 4.78 is 7.21. The van der Waals surface area contributed by atoms with Gasteiger partial charge >= 0.3 is 0 Å². The maximum atomic E-state index is 5.94. The lowest BCUT2D eigenvalue weighted by molar-refractivity contribution is 0.0633. The summed E-state index contributed by atoms with van der Waals surface area (Å²) in [6.07, 6.45) is 2.03. The topological polar surface area (TPSA) is 27.1 Å². The molecule has 1 heterocycles. The molecule has 0 aliphatic rings. The molecule has 13 heavy (non-hydrogen) atoms. The smallest absolute Gasteiger partial charge is 0.107 e. The van der Waals surface area contributed by atoms with Crippen LogP contribution in [0.15, 0.2) is 6.20 Å². The molecule has 1 aromatic heterocycles. The second kappa shape index (κ2) is 4.63. The van der Waals surface area contributed by atoms with Gasteiger partial charge in [0.25, 0.3) is 0 Å². The van der Waals surface area contributed by atoms with E-state index in [1.165, 1.54) is 0 Å². The molecule has 0 unspecified atom stereocenters. The fourth-order valence-corrected chi connectivity index (χ4v) is 1.15. The van der Waals surface area contributed by atoms with Gasteiger partial charge in [0.1, 0.15) is 5.69 Å². The molecule has 0 saturated heterocycles. The van der Waals surface area contributed by atoms with Crippen LogP contribution < -0.4 is 0 Å². The van der Waals surface area contributed by atoms with E-state index in [4.69, 9.17) is 16.3 Å². The van der Waals surface area contributed by atoms with Gasteiger partial charge in [0.15, 0.2) is 0 Å². The molecular formula is C9H15ClN2O. The third-order valence-electron chi connectivity index (χ3n) is 1.66. The van der Waals surface area contributed by atoms with Gasteiger partial charge in [-0.2, -0.15) is 5.10 Å². The number of aromatic nitrogens is 2. The van der Waals surface area contributed by atoms with Crippen LogP contribution >= 0.6 is 11.6 Å². The highest BCUT2D eigenvalue weighted by molar-refractivity contribution is 6.31. The summed E-state index contributed by atoms with van der Waals surface area (Å²) in [5, 5.41) is 4.94. The largest absolute Gasteiger partial charge is 0.372 e. The van der Waals surface area contributed by atoms with Crippen LogP contribution in [0.4, 0.5) is 0 Å². The predicted octanol–water partition coefficient (Wildman–Crippen LogP) is 2.48. The number of halogens is 1. The Morgan fingerprint density at radius 2 is 2.31 bits per heavy atom. The van der Waals surface area contributed by atoms with Crippen molar-refractivity contribution in [1.29, 1.82) is 0 Å². The van der Waals surface area contributed by atoms with Gasteiger partial charge < -0.3 is 4.74 Å². The van der Waals surface area contributed by atoms with Crippen LogP contribution in [0.1, 0.15) is 26.5 Å². The lowest BCUT2D eigenvalue weighted by Crippen LogP contribution is -2.04. The maximum absolute atomic E-state index is 5.94. The van der Waals surface area contributed by atoms with Gasteiger partial charge in [0.05, 0.1) is 17.7 Å². The Balaban J connectivity index is 2.60. The first-order chi connectivity index (χ1) is 6.13. The summed E-state index contributed by atoms with van der Waals surface area (Å²) in [4.78, 5) is 0. The molecule has 0 N–H and O–H groups in total. The summed E-state index contributed by atoms with van der Waals surface area (Å²) in [6, 6.07) is 0. The molecule has 0 amide bonds. The zero-order valence-electron chi connectivity index (χ0n) is 8.25. The maximum Gasteiger partial charge on any atom is 0.107 e. The van der Waals surface area contributed by atoms with Crippen molar-refractivity contribution in [2.24, 2.45) is 0 Å². The molecule has 74 valence electrons. The Bertz CT molecular complexity index is 271. The Kier molecular flexibility index (Phi) is 3.75. The molecule has 0 fully saturated rings. The molecule has 0 saturated carbocycles. The molecule has 3 nitrogen and oxygen atoms in total. The monoisotopic (exact) mass is 202 g/mol. The van der Waals surface area contributed by atoms with Crippen LogP contribution in [0.3, 0.4) is 0 Å². The van der Waals surface area contributed by atoms with Gasteiger partial charge in [-0.3, -0.25) is 4.68 Å². The molecule has 0 aromatic carbocycles. The van der Waals surface area contributed by atoms with Crippen molar-refractivity contribution in [3.8, 4) is 0 Å². The van der Waals surface area contributed by atoms with E-state index in [0.717, 1.165) is 12.2 Å². The first-order valence-corrected chi connectivity index (χ1v) is 4.84. The average molecular weight is 203 g/mol. The summed E-state index contributed by atoms with van der Waals surface area (Å²) >= 11 is 5.94. The predicted molar refractivity (Wildman–Crippen MR) is 52.8 cm³/mol. The highest BCUT2D eigenvalue weighted by Crippen LogP contribution is 2.15. The molecular weight excluding hydrogens is 188 g/mol. The number of rotatable bonds is 4. The average Bonchev–Trinajstić information content (AvgIpc) is 2.43. The van der Waals surface area contributed by atoms with Gasteiger partial charge in [-0.25, -0.2) is 0 Å². The minimum Gasteiger partial charge on any atom is -0.372 e. The van der Waals surface area contributed by atoms with E-state index in [1.807, 2.05) is 27.0 Å². The normalized spacial score (nSPS) is 11.2. The van der Waals surface area contributed by atoms with Crippen molar-refractivity contribution in [3.05, 3.63) is 16.9 Å². The molecule has 4 heteroatoms. The highest BCUT2D eigenvalue weighted by atomic mass is 35.5. The standard InChI is InChI=1S/C9H15ClN2O/c1-4-12-5-8(10)9(11-12)6-13-7(2)3/h5,7H,4,6H2,1-3H3. The van der Waals surface area contributed by atoms with Crippen LogP contribution in [-0.4, -0.2) is 15.9 Å². The Hall–Kier alpha value is -0.540. The van der Waals surface area contributed by atoms with E-state index < -0.39 is 0 Å². The van der Waals surface area contributed by atoms with E-state index in [9.17, 15) is 0 Å². The van der Waals surface area contributed by atoms with Crippen molar-refractivity contribution in [1.82, 2.24) is 9.78 Å². The van der Waals surface area contributed by atoms with Crippen LogP contribution in [0.5, 0.6) is 0 Å². The SMILES string of the molecule is CCn1cc(Cl)c(COC(C)C)n1. The van der Waals surface area contributed by atoms with E-state index in [-0.39, 0.29) is 6.10 Å². The minimum absolute atomic E-state index is 0.211. The molecule has 0 aliphatic carbocycles. The Morgan fingerprint density at radius 3 is 2.77 bits per heavy atom. The molecule has 1 aromatic rings. The van der Waals surface area contributed by atoms with Crippen LogP contribution in [0.25, 0.3) is 0 Å². The zero-order chi connectivity index (χ0) is 9.84. The molecule has 0 spiro atoms. The van der Waals surface area contributed by atoms with Crippen molar-refractivity contribution >= 4 is 11.6 Å². The van der Waals surface area contributed by atoms with Gasteiger partial charge in [-0.15, -0.1) is 0 Å². The summed E-state index contributed by atoms with van der Waals surface area (Å²) in [5.41, 5.74) is 0.817. The quantitative estimate of drug-likeness (QED) is 0.750. The van der Waals surface area contributed by atoms with Gasteiger partial charge in [-0.05, 0) is 20.8 Å². The molecule has 1 rings (SSSR count). The van der Waals surface area contributed by atoms with Crippen molar-refractivity contribution in [2.75, 3.05) is 0 Å². The molecule has 0 bridgehead atoms. The Morgan fingerprint density at radius 1 is 1.62 bits per heavy atom. The van der Waals surface area contributed by atoms with E-state index in [2.05, 4.69) is 5.10 Å². The van der Waals surface area contributed by atoms with Gasteiger partial charge in [-0.1, -0.05) is 11.6 Å². The van der Waals surface area contributed by atoms with Crippen molar-refractivity contribution < 1.29 is 4.74 Å². The lowest BCUT2D eigenvalue weighted by Gasteiger charge is -2.04. The number of hydrogen-bond acceptors (Lipinski definition) is 2. The first-order valence-electron chi connectivity index (χ1n) is 4.47. The molecule has 0 aliphatic heterocycles. The minimum atomic E-state index is 0.211. The van der Waals surface area contributed by atoms with Gasteiger partial charge in [0.2, 0.25) is 0 Å². The third-order valence-corrected chi connectivity index (χ3v) is 1.98. The molecule has 0 radical (unpaired) electrons. The number of aryl methyl sites for hydroxylation is 1. The van der Waals surface area contributed by atoms with Crippen LogP contribution in [0, 0.1) is 0 Å². The van der Waals surface area contributed by atoms with E-state index in [1.54, 1.807) is 4.68 Å². The lowest BCUT2D eigenvalue weighted by atomic mass is 10.4. The fraction of sp³-hybridized carbons (Fsp3) is 0.667. The number of ether oxygens (including phenoxy) is 1. The van der Waals surface area contributed by atoms with Crippen LogP contribution in [0.2, 0.25) is 5.02 Å². The third kappa shape index (κ3) is 3.01. The second-order valence-electron chi connectivity index (χ2n) is 3.14. The Labute approximate surface area is 83.6 Å². The van der Waals surface area contributed by atoms with Crippen molar-refractivity contribution in [3.63, 3.8) is 0 Å². The molecule has 0 atom stereocenters. The summed E-state index contributed by atoms with van der Waals surface area (Å²) in [6.45, 7) is 7.33. The number of hydrogen-bond donors (Lipinski definition) is 0. The van der Waals surface area contributed by atoms with Crippen molar-refractivity contribution in [2.45, 2.75) is 40.0 Å². The first kappa shape index (κ1) is 10.5. The number of nitrogens with zero attached hydrogens (tertiary/aromatic N) is 2.